The van der Waals surface area contributed by atoms with Gasteiger partial charge in [-0.05, 0) is 18.6 Å². The van der Waals surface area contributed by atoms with Crippen LogP contribution in [0.5, 0.6) is 0 Å². The maximum atomic E-state index is 11.9. The minimum absolute atomic E-state index is 0.00797. The Morgan fingerprint density at radius 1 is 1.43 bits per heavy atom. The third kappa shape index (κ3) is 4.69. The van der Waals surface area contributed by atoms with Gasteiger partial charge >= 0.3 is 0 Å². The van der Waals surface area contributed by atoms with Crippen molar-refractivity contribution >= 4 is 32.2 Å². The highest BCUT2D eigenvalue weighted by molar-refractivity contribution is 7.92. The van der Waals surface area contributed by atoms with E-state index in [0.717, 1.165) is 5.56 Å². The molecule has 1 aromatic carbocycles. The van der Waals surface area contributed by atoms with Gasteiger partial charge in [-0.1, -0.05) is 12.1 Å². The highest BCUT2D eigenvalue weighted by Gasteiger charge is 2.13. The lowest BCUT2D eigenvalue weighted by Crippen LogP contribution is -2.17. The summed E-state index contributed by atoms with van der Waals surface area (Å²) in [5.74, 6) is 0.00797. The molecule has 3 N–H and O–H groups in total. The molecule has 0 amide bonds. The SMILES string of the molecule is COCCCS(=O)(=O)Nc1nc(-c2cccc(N)c2)cs1. The Balaban J connectivity index is 2.06. The molecule has 0 unspecified atom stereocenters. The second-order valence-electron chi connectivity index (χ2n) is 4.43. The molecule has 6 nitrogen and oxygen atoms in total. The molecule has 1 aromatic heterocycles. The van der Waals surface area contributed by atoms with Gasteiger partial charge < -0.3 is 10.5 Å². The lowest BCUT2D eigenvalue weighted by molar-refractivity contribution is 0.199. The van der Waals surface area contributed by atoms with Crippen LogP contribution in [0.25, 0.3) is 11.3 Å². The summed E-state index contributed by atoms with van der Waals surface area (Å²) in [5, 5.41) is 2.15. The second kappa shape index (κ2) is 6.88. The molecule has 0 fully saturated rings. The minimum Gasteiger partial charge on any atom is -0.399 e. The van der Waals surface area contributed by atoms with Crippen LogP contribution in [0.2, 0.25) is 0 Å². The number of nitrogens with zero attached hydrogens (tertiary/aromatic N) is 1. The summed E-state index contributed by atoms with van der Waals surface area (Å²) in [4.78, 5) is 4.28. The molecule has 2 rings (SSSR count). The number of hydrogen-bond acceptors (Lipinski definition) is 6. The summed E-state index contributed by atoms with van der Waals surface area (Å²) in [6, 6.07) is 7.29. The lowest BCUT2D eigenvalue weighted by atomic mass is 10.1. The lowest BCUT2D eigenvalue weighted by Gasteiger charge is -2.04. The fourth-order valence-corrected chi connectivity index (χ4v) is 3.78. The molecular formula is C13H17N3O3S2. The molecule has 0 aliphatic rings. The Hall–Kier alpha value is -1.64. The quantitative estimate of drug-likeness (QED) is 0.600. The molecule has 0 saturated heterocycles. The van der Waals surface area contributed by atoms with Gasteiger partial charge in [0.15, 0.2) is 5.13 Å². The number of nitrogens with two attached hydrogens (primary N) is 1. The van der Waals surface area contributed by atoms with Crippen molar-refractivity contribution in [1.82, 2.24) is 4.98 Å². The molecule has 1 heterocycles. The topological polar surface area (TPSA) is 94.3 Å². The monoisotopic (exact) mass is 327 g/mol. The van der Waals surface area contributed by atoms with E-state index in [9.17, 15) is 8.42 Å². The number of nitrogens with one attached hydrogen (secondary N) is 1. The van der Waals surface area contributed by atoms with Crippen molar-refractivity contribution in [1.29, 1.82) is 0 Å². The van der Waals surface area contributed by atoms with E-state index in [2.05, 4.69) is 9.71 Å². The molecule has 0 saturated carbocycles. The van der Waals surface area contributed by atoms with E-state index >= 15 is 0 Å². The van der Waals surface area contributed by atoms with Gasteiger partial charge in [0.1, 0.15) is 0 Å². The molecule has 0 bridgehead atoms. The van der Waals surface area contributed by atoms with Crippen LogP contribution in [-0.2, 0) is 14.8 Å². The number of benzene rings is 1. The first-order chi connectivity index (χ1) is 10.00. The van der Waals surface area contributed by atoms with E-state index in [1.54, 1.807) is 24.6 Å². The Labute approximate surface area is 128 Å². The predicted molar refractivity (Wildman–Crippen MR) is 85.9 cm³/mol. The highest BCUT2D eigenvalue weighted by Crippen LogP contribution is 2.26. The van der Waals surface area contributed by atoms with Gasteiger partial charge in [0, 0.05) is 30.3 Å². The van der Waals surface area contributed by atoms with E-state index in [4.69, 9.17) is 10.5 Å². The standard InChI is InChI=1S/C13H17N3O3S2/c1-19-6-3-7-21(17,18)16-13-15-12(9-20-13)10-4-2-5-11(14)8-10/h2,4-5,8-9H,3,6-7,14H2,1H3,(H,15,16). The van der Waals surface area contributed by atoms with E-state index in [-0.39, 0.29) is 5.75 Å². The zero-order valence-corrected chi connectivity index (χ0v) is 13.2. The van der Waals surface area contributed by atoms with Crippen LogP contribution in [0.3, 0.4) is 0 Å². The molecular weight excluding hydrogens is 310 g/mol. The van der Waals surface area contributed by atoms with Gasteiger partial charge in [-0.3, -0.25) is 4.72 Å². The Morgan fingerprint density at radius 2 is 2.24 bits per heavy atom. The van der Waals surface area contributed by atoms with Crippen molar-refractivity contribution in [2.24, 2.45) is 0 Å². The Morgan fingerprint density at radius 3 is 2.95 bits per heavy atom. The van der Waals surface area contributed by atoms with Crippen LogP contribution in [0.15, 0.2) is 29.6 Å². The smallest absolute Gasteiger partial charge is 0.234 e. The first-order valence-electron chi connectivity index (χ1n) is 6.31. The summed E-state index contributed by atoms with van der Waals surface area (Å²) in [6.45, 7) is 0.410. The molecule has 8 heteroatoms. The first-order valence-corrected chi connectivity index (χ1v) is 8.84. The fourth-order valence-electron chi connectivity index (χ4n) is 1.73. The third-order valence-corrected chi connectivity index (χ3v) is 4.91. The maximum absolute atomic E-state index is 11.9. The van der Waals surface area contributed by atoms with Crippen molar-refractivity contribution in [2.75, 3.05) is 29.9 Å². The van der Waals surface area contributed by atoms with Gasteiger partial charge in [0.25, 0.3) is 0 Å². The number of thiazole rings is 1. The van der Waals surface area contributed by atoms with E-state index < -0.39 is 10.0 Å². The van der Waals surface area contributed by atoms with Crippen molar-refractivity contribution < 1.29 is 13.2 Å². The van der Waals surface area contributed by atoms with Crippen LogP contribution < -0.4 is 10.5 Å². The molecule has 0 aliphatic heterocycles. The average Bonchev–Trinajstić information content (AvgIpc) is 2.86. The number of ether oxygens (including phenoxy) is 1. The minimum atomic E-state index is -3.39. The predicted octanol–water partition coefficient (Wildman–Crippen LogP) is 2.17. The van der Waals surface area contributed by atoms with Gasteiger partial charge in [-0.15, -0.1) is 11.3 Å². The second-order valence-corrected chi connectivity index (χ2v) is 7.13. The van der Waals surface area contributed by atoms with E-state index in [0.29, 0.717) is 29.5 Å². The number of anilines is 2. The van der Waals surface area contributed by atoms with Crippen molar-refractivity contribution in [3.8, 4) is 11.3 Å². The molecule has 0 aliphatic carbocycles. The van der Waals surface area contributed by atoms with Crippen LogP contribution in [0.1, 0.15) is 6.42 Å². The summed E-state index contributed by atoms with van der Waals surface area (Å²) in [6.07, 6.45) is 0.444. The number of aromatic nitrogens is 1. The normalized spacial score (nSPS) is 11.5. The van der Waals surface area contributed by atoms with Gasteiger partial charge in [0.2, 0.25) is 10.0 Å². The fraction of sp³-hybridized carbons (Fsp3) is 0.308. The van der Waals surface area contributed by atoms with Gasteiger partial charge in [-0.2, -0.15) is 0 Å². The molecule has 0 radical (unpaired) electrons. The van der Waals surface area contributed by atoms with Crippen LogP contribution in [0.4, 0.5) is 10.8 Å². The first kappa shape index (κ1) is 15.7. The van der Waals surface area contributed by atoms with Crippen LogP contribution >= 0.6 is 11.3 Å². The number of sulfonamides is 1. The van der Waals surface area contributed by atoms with E-state index in [1.165, 1.54) is 11.3 Å². The maximum Gasteiger partial charge on any atom is 0.234 e. The van der Waals surface area contributed by atoms with Crippen molar-refractivity contribution in [3.63, 3.8) is 0 Å². The number of nitrogen functional groups attached to an aromatic ring is 1. The van der Waals surface area contributed by atoms with E-state index in [1.807, 2.05) is 12.1 Å². The summed E-state index contributed by atoms with van der Waals surface area (Å²) in [7, 11) is -1.85. The molecule has 114 valence electrons. The number of hydrogen-bond donors (Lipinski definition) is 2. The highest BCUT2D eigenvalue weighted by atomic mass is 32.2. The summed E-state index contributed by atoms with van der Waals surface area (Å²) < 4.78 is 31.0. The number of rotatable bonds is 7. The molecule has 0 atom stereocenters. The zero-order valence-electron chi connectivity index (χ0n) is 11.6. The number of methoxy groups -OCH3 is 1. The van der Waals surface area contributed by atoms with Crippen molar-refractivity contribution in [3.05, 3.63) is 29.6 Å². The van der Waals surface area contributed by atoms with Crippen molar-refractivity contribution in [2.45, 2.75) is 6.42 Å². The third-order valence-electron chi connectivity index (χ3n) is 2.69. The van der Waals surface area contributed by atoms with Crippen LogP contribution in [0, 0.1) is 0 Å². The van der Waals surface area contributed by atoms with Gasteiger partial charge in [0.05, 0.1) is 11.4 Å². The summed E-state index contributed by atoms with van der Waals surface area (Å²) in [5.41, 5.74) is 7.92. The van der Waals surface area contributed by atoms with Gasteiger partial charge in [-0.25, -0.2) is 13.4 Å². The molecule has 21 heavy (non-hydrogen) atoms. The largest absolute Gasteiger partial charge is 0.399 e. The Kier molecular flexibility index (Phi) is 5.16. The zero-order chi connectivity index (χ0) is 15.3. The summed E-state index contributed by atoms with van der Waals surface area (Å²) >= 11 is 1.24. The molecule has 0 spiro atoms. The Bertz CT molecular complexity index is 698. The molecule has 2 aromatic rings. The van der Waals surface area contributed by atoms with Crippen LogP contribution in [-0.4, -0.2) is 32.9 Å². The average molecular weight is 327 g/mol.